The maximum atomic E-state index is 11.1. The van der Waals surface area contributed by atoms with Gasteiger partial charge in [0.15, 0.2) is 0 Å². The molecular weight excluding hydrogens is 388 g/mol. The van der Waals surface area contributed by atoms with E-state index in [0.29, 0.717) is 26.8 Å². The van der Waals surface area contributed by atoms with Crippen LogP contribution in [0.15, 0.2) is 48.7 Å². The van der Waals surface area contributed by atoms with Crippen LogP contribution < -0.4 is 14.8 Å². The van der Waals surface area contributed by atoms with Crippen LogP contribution in [0.1, 0.15) is 25.5 Å². The first-order valence-electron chi connectivity index (χ1n) is 8.07. The van der Waals surface area contributed by atoms with Crippen LogP contribution in [0, 0.1) is 0 Å². The molecule has 8 heteroatoms. The van der Waals surface area contributed by atoms with Crippen LogP contribution in [-0.4, -0.2) is 16.0 Å². The standard InChI is InChI=1S/C19H17ClN2O4S/c1-11(22-12(2)23)13-3-5-16(6-4-13)25-18-10-21-19(27-18)26-17-8-14(20)7-15(24)9-17/h3-11,24H,1-2H3,(H,22,23). The highest BCUT2D eigenvalue weighted by atomic mass is 35.5. The summed E-state index contributed by atoms with van der Waals surface area (Å²) in [5.41, 5.74) is 0.978. The summed E-state index contributed by atoms with van der Waals surface area (Å²) in [6.07, 6.45) is 1.55. The second-order valence-corrected chi connectivity index (χ2v) is 7.18. The Bertz CT molecular complexity index is 923. The van der Waals surface area contributed by atoms with E-state index >= 15 is 0 Å². The van der Waals surface area contributed by atoms with Gasteiger partial charge in [0.25, 0.3) is 5.19 Å². The highest BCUT2D eigenvalue weighted by Gasteiger charge is 2.10. The maximum Gasteiger partial charge on any atom is 0.282 e. The average Bonchev–Trinajstić information content (AvgIpc) is 3.00. The molecule has 1 atom stereocenters. The van der Waals surface area contributed by atoms with Crippen molar-refractivity contribution in [2.45, 2.75) is 19.9 Å². The van der Waals surface area contributed by atoms with Gasteiger partial charge >= 0.3 is 0 Å². The summed E-state index contributed by atoms with van der Waals surface area (Å²) in [7, 11) is 0. The van der Waals surface area contributed by atoms with Gasteiger partial charge in [-0.3, -0.25) is 4.79 Å². The molecule has 0 saturated carbocycles. The number of hydrogen-bond acceptors (Lipinski definition) is 6. The molecule has 3 rings (SSSR count). The lowest BCUT2D eigenvalue weighted by Gasteiger charge is -2.13. The van der Waals surface area contributed by atoms with E-state index in [0.717, 1.165) is 5.56 Å². The van der Waals surface area contributed by atoms with Crippen molar-refractivity contribution in [3.05, 3.63) is 59.2 Å². The highest BCUT2D eigenvalue weighted by Crippen LogP contribution is 2.36. The third-order valence-electron chi connectivity index (χ3n) is 3.54. The maximum absolute atomic E-state index is 11.1. The third-order valence-corrected chi connectivity index (χ3v) is 4.51. The fraction of sp³-hybridized carbons (Fsp3) is 0.158. The smallest absolute Gasteiger partial charge is 0.282 e. The molecule has 0 spiro atoms. The zero-order chi connectivity index (χ0) is 19.4. The van der Waals surface area contributed by atoms with Crippen LogP contribution in [0.3, 0.4) is 0 Å². The lowest BCUT2D eigenvalue weighted by Crippen LogP contribution is -2.23. The zero-order valence-electron chi connectivity index (χ0n) is 14.6. The van der Waals surface area contributed by atoms with Crippen molar-refractivity contribution in [1.82, 2.24) is 10.3 Å². The lowest BCUT2D eigenvalue weighted by molar-refractivity contribution is -0.119. The molecular formula is C19H17ClN2O4S. The number of nitrogens with zero attached hydrogens (tertiary/aromatic N) is 1. The van der Waals surface area contributed by atoms with E-state index in [9.17, 15) is 9.90 Å². The number of ether oxygens (including phenoxy) is 2. The normalized spacial score (nSPS) is 11.7. The molecule has 140 valence electrons. The van der Waals surface area contributed by atoms with Crippen molar-refractivity contribution >= 4 is 28.8 Å². The number of phenols is 1. The topological polar surface area (TPSA) is 80.7 Å². The number of benzene rings is 2. The largest absolute Gasteiger partial charge is 0.508 e. The first kappa shape index (κ1) is 19.0. The minimum atomic E-state index is -0.0759. The number of thiazole rings is 1. The lowest BCUT2D eigenvalue weighted by atomic mass is 10.1. The second kappa shape index (κ2) is 8.28. The Hall–Kier alpha value is -2.77. The van der Waals surface area contributed by atoms with Crippen molar-refractivity contribution in [2.24, 2.45) is 0 Å². The molecule has 0 saturated heterocycles. The molecule has 0 aliphatic heterocycles. The van der Waals surface area contributed by atoms with Crippen molar-refractivity contribution < 1.29 is 19.4 Å². The minimum Gasteiger partial charge on any atom is -0.508 e. The molecule has 2 N–H and O–H groups in total. The van der Waals surface area contributed by atoms with Gasteiger partial charge in [0.1, 0.15) is 17.2 Å². The summed E-state index contributed by atoms with van der Waals surface area (Å²) in [5, 5.41) is 13.7. The van der Waals surface area contributed by atoms with Gasteiger partial charge in [-0.15, -0.1) is 0 Å². The molecule has 0 fully saturated rings. The van der Waals surface area contributed by atoms with Crippen LogP contribution in [0.25, 0.3) is 0 Å². The fourth-order valence-corrected chi connectivity index (χ4v) is 3.25. The number of nitrogens with one attached hydrogen (secondary N) is 1. The summed E-state index contributed by atoms with van der Waals surface area (Å²) >= 11 is 7.10. The van der Waals surface area contributed by atoms with Crippen LogP contribution in [0.4, 0.5) is 0 Å². The molecule has 1 amide bonds. The van der Waals surface area contributed by atoms with Crippen LogP contribution >= 0.6 is 22.9 Å². The monoisotopic (exact) mass is 404 g/mol. The van der Waals surface area contributed by atoms with Gasteiger partial charge < -0.3 is 19.9 Å². The molecule has 0 radical (unpaired) electrons. The Morgan fingerprint density at radius 3 is 2.59 bits per heavy atom. The Morgan fingerprint density at radius 1 is 1.19 bits per heavy atom. The van der Waals surface area contributed by atoms with Gasteiger partial charge in [0.05, 0.1) is 12.2 Å². The van der Waals surface area contributed by atoms with Gasteiger partial charge in [0.2, 0.25) is 11.0 Å². The molecule has 0 aliphatic rings. The number of carbonyl (C=O) groups is 1. The number of carbonyl (C=O) groups excluding carboxylic acids is 1. The van der Waals surface area contributed by atoms with Gasteiger partial charge in [-0.05, 0) is 48.1 Å². The van der Waals surface area contributed by atoms with Gasteiger partial charge in [-0.25, -0.2) is 4.98 Å². The summed E-state index contributed by atoms with van der Waals surface area (Å²) in [6, 6.07) is 11.8. The van der Waals surface area contributed by atoms with Crippen molar-refractivity contribution in [3.63, 3.8) is 0 Å². The van der Waals surface area contributed by atoms with Gasteiger partial charge in [0, 0.05) is 18.0 Å². The third kappa shape index (κ3) is 5.35. The fourth-order valence-electron chi connectivity index (χ4n) is 2.38. The Balaban J connectivity index is 1.64. The summed E-state index contributed by atoms with van der Waals surface area (Å²) in [5.74, 6) is 0.966. The van der Waals surface area contributed by atoms with E-state index in [-0.39, 0.29) is 17.7 Å². The van der Waals surface area contributed by atoms with Crippen LogP contribution in [-0.2, 0) is 4.79 Å². The Morgan fingerprint density at radius 2 is 1.93 bits per heavy atom. The molecule has 2 aromatic carbocycles. The Labute approximate surface area is 165 Å². The van der Waals surface area contributed by atoms with Crippen LogP contribution in [0.5, 0.6) is 27.5 Å². The average molecular weight is 405 g/mol. The summed E-state index contributed by atoms with van der Waals surface area (Å²) in [6.45, 7) is 3.40. The molecule has 0 aliphatic carbocycles. The number of aromatic nitrogens is 1. The first-order chi connectivity index (χ1) is 12.9. The van der Waals surface area contributed by atoms with Gasteiger partial charge in [-0.2, -0.15) is 0 Å². The molecule has 27 heavy (non-hydrogen) atoms. The van der Waals surface area contributed by atoms with E-state index in [1.807, 2.05) is 31.2 Å². The predicted octanol–water partition coefficient (Wildman–Crippen LogP) is 5.28. The Kier molecular flexibility index (Phi) is 5.83. The first-order valence-corrected chi connectivity index (χ1v) is 9.26. The molecule has 1 aromatic heterocycles. The SMILES string of the molecule is CC(=O)NC(C)c1ccc(Oc2cnc(Oc3cc(O)cc(Cl)c3)s2)cc1. The van der Waals surface area contributed by atoms with E-state index in [4.69, 9.17) is 21.1 Å². The highest BCUT2D eigenvalue weighted by molar-refractivity contribution is 7.15. The predicted molar refractivity (Wildman–Crippen MR) is 104 cm³/mol. The molecule has 6 nitrogen and oxygen atoms in total. The van der Waals surface area contributed by atoms with Gasteiger partial charge in [-0.1, -0.05) is 23.7 Å². The second-order valence-electron chi connectivity index (χ2n) is 5.79. The van der Waals surface area contributed by atoms with Crippen molar-refractivity contribution in [2.75, 3.05) is 0 Å². The number of halogens is 1. The number of aromatic hydroxyl groups is 1. The van der Waals surface area contributed by atoms with E-state index in [2.05, 4.69) is 10.3 Å². The minimum absolute atomic E-state index is 0.0131. The van der Waals surface area contributed by atoms with Crippen molar-refractivity contribution in [3.8, 4) is 27.5 Å². The number of amides is 1. The quantitative estimate of drug-likeness (QED) is 0.583. The molecule has 1 heterocycles. The van der Waals surface area contributed by atoms with E-state index in [1.165, 1.54) is 30.4 Å². The number of phenolic OH excluding ortho intramolecular Hbond substituents is 1. The number of hydrogen-bond donors (Lipinski definition) is 2. The molecule has 3 aromatic rings. The zero-order valence-corrected chi connectivity index (χ0v) is 16.2. The van der Waals surface area contributed by atoms with E-state index in [1.54, 1.807) is 12.3 Å². The molecule has 0 bridgehead atoms. The molecule has 1 unspecified atom stereocenters. The summed E-state index contributed by atoms with van der Waals surface area (Å²) in [4.78, 5) is 15.3. The summed E-state index contributed by atoms with van der Waals surface area (Å²) < 4.78 is 11.4. The van der Waals surface area contributed by atoms with Crippen molar-refractivity contribution in [1.29, 1.82) is 0 Å². The van der Waals surface area contributed by atoms with Crippen LogP contribution in [0.2, 0.25) is 5.02 Å². The number of rotatable bonds is 6. The van der Waals surface area contributed by atoms with E-state index < -0.39 is 0 Å².